The summed E-state index contributed by atoms with van der Waals surface area (Å²) in [6, 6.07) is 1.81. The fourth-order valence-electron chi connectivity index (χ4n) is 1.18. The van der Waals surface area contributed by atoms with Gasteiger partial charge >= 0.3 is 0 Å². The van der Waals surface area contributed by atoms with Crippen LogP contribution in [0.15, 0.2) is 24.8 Å². The fraction of sp³-hybridized carbons (Fsp3) is 0.222. The highest BCUT2D eigenvalue weighted by molar-refractivity contribution is 6.30. The Kier molecular flexibility index (Phi) is 2.82. The highest BCUT2D eigenvalue weighted by Crippen LogP contribution is 2.11. The Morgan fingerprint density at radius 1 is 1.47 bits per heavy atom. The van der Waals surface area contributed by atoms with Crippen LogP contribution in [0.3, 0.4) is 0 Å². The van der Waals surface area contributed by atoms with E-state index in [1.807, 2.05) is 13.0 Å². The molecule has 0 saturated heterocycles. The summed E-state index contributed by atoms with van der Waals surface area (Å²) >= 11 is 5.77. The zero-order chi connectivity index (χ0) is 10.7. The lowest BCUT2D eigenvalue weighted by molar-refractivity contribution is 0.839. The molecule has 2 heterocycles. The van der Waals surface area contributed by atoms with E-state index in [2.05, 4.69) is 20.4 Å². The number of aromatic nitrogens is 4. The Labute approximate surface area is 92.1 Å². The molecule has 0 unspecified atom stereocenters. The lowest BCUT2D eigenvalue weighted by atomic mass is 10.5. The second-order valence-corrected chi connectivity index (χ2v) is 3.33. The lowest BCUT2D eigenvalue weighted by Crippen LogP contribution is -2.03. The summed E-state index contributed by atoms with van der Waals surface area (Å²) in [4.78, 5) is 8.16. The van der Waals surface area contributed by atoms with E-state index in [-0.39, 0.29) is 0 Å². The van der Waals surface area contributed by atoms with Gasteiger partial charge in [0.25, 0.3) is 0 Å². The number of halogens is 1. The Bertz CT molecular complexity index is 453. The summed E-state index contributed by atoms with van der Waals surface area (Å²) in [7, 11) is 0. The number of hydrogen-bond donors (Lipinski definition) is 1. The maximum absolute atomic E-state index is 5.77. The molecule has 2 rings (SSSR count). The van der Waals surface area contributed by atoms with Crippen molar-refractivity contribution in [2.24, 2.45) is 0 Å². The number of nitrogens with one attached hydrogen (secondary N) is 1. The van der Waals surface area contributed by atoms with Gasteiger partial charge in [0.05, 0.1) is 17.4 Å². The average molecular weight is 224 g/mol. The minimum atomic E-state index is 0.582. The van der Waals surface area contributed by atoms with Crippen molar-refractivity contribution in [2.75, 3.05) is 11.9 Å². The zero-order valence-electron chi connectivity index (χ0n) is 8.18. The standard InChI is InChI=1S/C9H10ClN5/c1-2-11-8-3-9(13-6-12-8)15-5-7(10)4-14-15/h3-6H,2H2,1H3,(H,11,12,13). The third kappa shape index (κ3) is 2.24. The van der Waals surface area contributed by atoms with E-state index < -0.39 is 0 Å². The first-order chi connectivity index (χ1) is 7.29. The smallest absolute Gasteiger partial charge is 0.158 e. The maximum atomic E-state index is 5.77. The summed E-state index contributed by atoms with van der Waals surface area (Å²) in [5.74, 6) is 1.46. The summed E-state index contributed by atoms with van der Waals surface area (Å²) in [6.45, 7) is 2.82. The van der Waals surface area contributed by atoms with Crippen molar-refractivity contribution in [3.63, 3.8) is 0 Å². The molecule has 0 amide bonds. The molecule has 0 aliphatic carbocycles. The predicted octanol–water partition coefficient (Wildman–Crippen LogP) is 1.75. The van der Waals surface area contributed by atoms with Gasteiger partial charge < -0.3 is 5.32 Å². The lowest BCUT2D eigenvalue weighted by Gasteiger charge is -2.03. The van der Waals surface area contributed by atoms with Crippen LogP contribution >= 0.6 is 11.6 Å². The molecule has 0 atom stereocenters. The van der Waals surface area contributed by atoms with Gasteiger partial charge in [-0.3, -0.25) is 0 Å². The monoisotopic (exact) mass is 223 g/mol. The first kappa shape index (κ1) is 9.92. The normalized spacial score (nSPS) is 10.3. The van der Waals surface area contributed by atoms with Gasteiger partial charge in [0, 0.05) is 12.6 Å². The van der Waals surface area contributed by atoms with Crippen molar-refractivity contribution in [2.45, 2.75) is 6.92 Å². The molecule has 0 fully saturated rings. The molecule has 0 radical (unpaired) electrons. The molecule has 2 aromatic rings. The van der Waals surface area contributed by atoms with E-state index >= 15 is 0 Å². The molecule has 0 spiro atoms. The molecule has 0 aliphatic heterocycles. The van der Waals surface area contributed by atoms with Crippen LogP contribution in [-0.2, 0) is 0 Å². The van der Waals surface area contributed by atoms with Gasteiger partial charge in [0.2, 0.25) is 0 Å². The molecule has 0 aromatic carbocycles. The second-order valence-electron chi connectivity index (χ2n) is 2.89. The van der Waals surface area contributed by atoms with Crippen molar-refractivity contribution in [1.29, 1.82) is 0 Å². The number of anilines is 1. The van der Waals surface area contributed by atoms with Gasteiger partial charge in [0.1, 0.15) is 12.1 Å². The van der Waals surface area contributed by atoms with E-state index in [1.165, 1.54) is 6.33 Å². The van der Waals surface area contributed by atoms with E-state index in [0.717, 1.165) is 12.4 Å². The van der Waals surface area contributed by atoms with Gasteiger partial charge in [-0.1, -0.05) is 11.6 Å². The summed E-state index contributed by atoms with van der Waals surface area (Å²) in [5, 5.41) is 7.74. The summed E-state index contributed by atoms with van der Waals surface area (Å²) in [6.07, 6.45) is 4.75. The zero-order valence-corrected chi connectivity index (χ0v) is 8.94. The molecule has 5 nitrogen and oxygen atoms in total. The first-order valence-corrected chi connectivity index (χ1v) is 4.94. The largest absolute Gasteiger partial charge is 0.370 e. The first-order valence-electron chi connectivity index (χ1n) is 4.56. The Morgan fingerprint density at radius 3 is 3.00 bits per heavy atom. The average Bonchev–Trinajstić information content (AvgIpc) is 2.66. The molecule has 6 heteroatoms. The molecule has 0 bridgehead atoms. The van der Waals surface area contributed by atoms with Crippen LogP contribution in [-0.4, -0.2) is 26.3 Å². The molecule has 1 N–H and O–H groups in total. The van der Waals surface area contributed by atoms with Gasteiger partial charge in [-0.15, -0.1) is 0 Å². The minimum Gasteiger partial charge on any atom is -0.370 e. The van der Waals surface area contributed by atoms with E-state index in [1.54, 1.807) is 17.1 Å². The van der Waals surface area contributed by atoms with Gasteiger partial charge in [-0.05, 0) is 6.92 Å². The highest BCUT2D eigenvalue weighted by atomic mass is 35.5. The van der Waals surface area contributed by atoms with E-state index in [0.29, 0.717) is 10.8 Å². The van der Waals surface area contributed by atoms with Crippen LogP contribution in [0.5, 0.6) is 0 Å². The van der Waals surface area contributed by atoms with E-state index in [9.17, 15) is 0 Å². The summed E-state index contributed by atoms with van der Waals surface area (Å²) in [5.41, 5.74) is 0. The van der Waals surface area contributed by atoms with Crippen LogP contribution < -0.4 is 5.32 Å². The topological polar surface area (TPSA) is 55.6 Å². The predicted molar refractivity (Wildman–Crippen MR) is 58.3 cm³/mol. The SMILES string of the molecule is CCNc1cc(-n2cc(Cl)cn2)ncn1. The number of hydrogen-bond acceptors (Lipinski definition) is 4. The van der Waals surface area contributed by atoms with Crippen LogP contribution in [0.25, 0.3) is 5.82 Å². The highest BCUT2D eigenvalue weighted by Gasteiger charge is 2.01. The van der Waals surface area contributed by atoms with Crippen molar-refractivity contribution in [3.8, 4) is 5.82 Å². The number of nitrogens with zero attached hydrogens (tertiary/aromatic N) is 4. The van der Waals surface area contributed by atoms with Gasteiger partial charge in [-0.2, -0.15) is 5.10 Å². The second kappa shape index (κ2) is 4.27. The summed E-state index contributed by atoms with van der Waals surface area (Å²) < 4.78 is 1.60. The van der Waals surface area contributed by atoms with Crippen molar-refractivity contribution < 1.29 is 0 Å². The molecule has 0 saturated carbocycles. The molecule has 2 aromatic heterocycles. The molecule has 78 valence electrons. The third-order valence-corrected chi connectivity index (χ3v) is 1.99. The van der Waals surface area contributed by atoms with Crippen LogP contribution in [0.2, 0.25) is 5.02 Å². The number of rotatable bonds is 3. The van der Waals surface area contributed by atoms with Crippen molar-refractivity contribution in [3.05, 3.63) is 29.8 Å². The minimum absolute atomic E-state index is 0.582. The van der Waals surface area contributed by atoms with Gasteiger partial charge in [0.15, 0.2) is 5.82 Å². The Morgan fingerprint density at radius 2 is 2.33 bits per heavy atom. The van der Waals surface area contributed by atoms with E-state index in [4.69, 9.17) is 11.6 Å². The fourth-order valence-corrected chi connectivity index (χ4v) is 1.31. The van der Waals surface area contributed by atoms with Crippen LogP contribution in [0, 0.1) is 0 Å². The Hall–Kier alpha value is -1.62. The Balaban J connectivity index is 2.32. The van der Waals surface area contributed by atoms with Gasteiger partial charge in [-0.25, -0.2) is 14.6 Å². The quantitative estimate of drug-likeness (QED) is 0.862. The molecule has 0 aliphatic rings. The van der Waals surface area contributed by atoms with Crippen molar-refractivity contribution in [1.82, 2.24) is 19.7 Å². The molecular weight excluding hydrogens is 214 g/mol. The van der Waals surface area contributed by atoms with Crippen molar-refractivity contribution >= 4 is 17.4 Å². The molecular formula is C9H10ClN5. The molecule has 15 heavy (non-hydrogen) atoms. The third-order valence-electron chi connectivity index (χ3n) is 1.80. The maximum Gasteiger partial charge on any atom is 0.158 e. The van der Waals surface area contributed by atoms with Crippen LogP contribution in [0.4, 0.5) is 5.82 Å². The van der Waals surface area contributed by atoms with Crippen LogP contribution in [0.1, 0.15) is 6.92 Å².